The number of thiophene rings is 1. The molecule has 0 N–H and O–H groups in total. The predicted octanol–water partition coefficient (Wildman–Crippen LogP) is 5.28. The number of aromatic nitrogens is 3. The highest BCUT2D eigenvalue weighted by Gasteiger charge is 2.29. The van der Waals surface area contributed by atoms with E-state index in [0.29, 0.717) is 18.2 Å². The Kier molecular flexibility index (Phi) is 5.07. The van der Waals surface area contributed by atoms with Crippen molar-refractivity contribution in [3.8, 4) is 17.3 Å². The van der Waals surface area contributed by atoms with Gasteiger partial charge < -0.3 is 14.1 Å². The molecule has 0 bridgehead atoms. The number of amides is 1. The van der Waals surface area contributed by atoms with E-state index in [1.54, 1.807) is 22.0 Å². The van der Waals surface area contributed by atoms with Gasteiger partial charge in [-0.25, -0.2) is 9.50 Å². The van der Waals surface area contributed by atoms with Gasteiger partial charge in [-0.3, -0.25) is 4.79 Å². The zero-order valence-electron chi connectivity index (χ0n) is 17.9. The second-order valence-electron chi connectivity index (χ2n) is 8.18. The number of ether oxygens (including phenoxy) is 1. The molecule has 0 spiro atoms. The first-order valence-electron chi connectivity index (χ1n) is 11.1. The molecule has 0 aliphatic carbocycles. The van der Waals surface area contributed by atoms with Crippen molar-refractivity contribution in [3.63, 3.8) is 0 Å². The van der Waals surface area contributed by atoms with Crippen LogP contribution in [0.1, 0.15) is 29.6 Å². The SMILES string of the molecule is O=C(c1ccsc1)N1CCC[C@H]1CCOc1ccc2ncc(-c3cc4ccccc4o3)n2n1. The van der Waals surface area contributed by atoms with Crippen molar-refractivity contribution < 1.29 is 13.9 Å². The number of carbonyl (C=O) groups excluding carboxylic acids is 1. The highest BCUT2D eigenvalue weighted by Crippen LogP contribution is 2.28. The van der Waals surface area contributed by atoms with Crippen LogP contribution in [0, 0.1) is 0 Å². The Morgan fingerprint density at radius 2 is 2.15 bits per heavy atom. The first-order chi connectivity index (χ1) is 16.3. The van der Waals surface area contributed by atoms with Gasteiger partial charge in [-0.2, -0.15) is 11.3 Å². The van der Waals surface area contributed by atoms with Crippen LogP contribution in [0.2, 0.25) is 0 Å². The van der Waals surface area contributed by atoms with E-state index in [1.807, 2.05) is 64.2 Å². The summed E-state index contributed by atoms with van der Waals surface area (Å²) in [5, 5.41) is 9.53. The summed E-state index contributed by atoms with van der Waals surface area (Å²) < 4.78 is 13.7. The molecule has 8 heteroatoms. The number of hydrogen-bond acceptors (Lipinski definition) is 6. The van der Waals surface area contributed by atoms with Crippen molar-refractivity contribution in [2.45, 2.75) is 25.3 Å². The van der Waals surface area contributed by atoms with Crippen LogP contribution < -0.4 is 4.74 Å². The van der Waals surface area contributed by atoms with Crippen molar-refractivity contribution in [1.29, 1.82) is 0 Å². The maximum Gasteiger partial charge on any atom is 0.254 e. The highest BCUT2D eigenvalue weighted by molar-refractivity contribution is 7.08. The number of likely N-dealkylation sites (tertiary alicyclic amines) is 1. The fraction of sp³-hybridized carbons (Fsp3) is 0.240. The molecule has 5 aromatic rings. The Balaban J connectivity index is 1.16. The maximum absolute atomic E-state index is 12.8. The molecule has 1 aromatic carbocycles. The van der Waals surface area contributed by atoms with Gasteiger partial charge in [0.15, 0.2) is 11.4 Å². The summed E-state index contributed by atoms with van der Waals surface area (Å²) >= 11 is 1.55. The fourth-order valence-electron chi connectivity index (χ4n) is 4.46. The third-order valence-corrected chi connectivity index (χ3v) is 6.81. The monoisotopic (exact) mass is 458 g/mol. The minimum absolute atomic E-state index is 0.118. The number of nitrogens with zero attached hydrogens (tertiary/aromatic N) is 4. The molecular formula is C25H22N4O3S. The number of para-hydroxylation sites is 1. The molecule has 1 aliphatic rings. The lowest BCUT2D eigenvalue weighted by Crippen LogP contribution is -2.36. The number of benzene rings is 1. The Morgan fingerprint density at radius 3 is 3.03 bits per heavy atom. The van der Waals surface area contributed by atoms with Crippen LogP contribution in [0.25, 0.3) is 28.1 Å². The van der Waals surface area contributed by atoms with Crippen LogP contribution in [-0.2, 0) is 0 Å². The van der Waals surface area contributed by atoms with Crippen LogP contribution >= 0.6 is 11.3 Å². The highest BCUT2D eigenvalue weighted by atomic mass is 32.1. The second-order valence-corrected chi connectivity index (χ2v) is 8.96. The van der Waals surface area contributed by atoms with Crippen LogP contribution in [-0.4, -0.2) is 44.6 Å². The quantitative estimate of drug-likeness (QED) is 0.346. The third kappa shape index (κ3) is 3.76. The van der Waals surface area contributed by atoms with Gasteiger partial charge in [0.05, 0.1) is 18.4 Å². The van der Waals surface area contributed by atoms with Gasteiger partial charge in [0.25, 0.3) is 5.91 Å². The lowest BCUT2D eigenvalue weighted by molar-refractivity contribution is 0.0719. The molecule has 1 atom stereocenters. The molecule has 1 fully saturated rings. The molecule has 6 rings (SSSR count). The van der Waals surface area contributed by atoms with Crippen molar-refractivity contribution in [1.82, 2.24) is 19.5 Å². The molecule has 1 aliphatic heterocycles. The molecular weight excluding hydrogens is 436 g/mol. The number of furan rings is 1. The molecule has 4 aromatic heterocycles. The predicted molar refractivity (Wildman–Crippen MR) is 127 cm³/mol. The maximum atomic E-state index is 12.8. The average molecular weight is 459 g/mol. The minimum atomic E-state index is 0.118. The number of carbonyl (C=O) groups is 1. The van der Waals surface area contributed by atoms with Gasteiger partial charge in [-0.15, -0.1) is 5.10 Å². The van der Waals surface area contributed by atoms with Crippen LogP contribution in [0.3, 0.4) is 0 Å². The number of hydrogen-bond donors (Lipinski definition) is 0. The Bertz CT molecular complexity index is 1390. The smallest absolute Gasteiger partial charge is 0.254 e. The summed E-state index contributed by atoms with van der Waals surface area (Å²) in [6.07, 6.45) is 4.57. The Labute approximate surface area is 194 Å². The van der Waals surface area contributed by atoms with E-state index in [-0.39, 0.29) is 11.9 Å². The van der Waals surface area contributed by atoms with Crippen molar-refractivity contribution >= 4 is 33.9 Å². The average Bonchev–Trinajstić information content (AvgIpc) is 3.64. The van der Waals surface area contributed by atoms with E-state index in [9.17, 15) is 4.79 Å². The molecule has 5 heterocycles. The van der Waals surface area contributed by atoms with Crippen LogP contribution in [0.4, 0.5) is 0 Å². The fourth-order valence-corrected chi connectivity index (χ4v) is 5.09. The molecule has 166 valence electrons. The number of fused-ring (bicyclic) bond motifs is 2. The Morgan fingerprint density at radius 1 is 1.21 bits per heavy atom. The molecule has 1 saturated heterocycles. The van der Waals surface area contributed by atoms with E-state index < -0.39 is 0 Å². The van der Waals surface area contributed by atoms with Crippen LogP contribution in [0.5, 0.6) is 5.88 Å². The van der Waals surface area contributed by atoms with Gasteiger partial charge >= 0.3 is 0 Å². The summed E-state index contributed by atoms with van der Waals surface area (Å²) in [6.45, 7) is 1.30. The second kappa shape index (κ2) is 8.37. The van der Waals surface area contributed by atoms with Crippen molar-refractivity contribution in [2.75, 3.05) is 13.2 Å². The van der Waals surface area contributed by atoms with Crippen molar-refractivity contribution in [2.24, 2.45) is 0 Å². The summed E-state index contributed by atoms with van der Waals surface area (Å²) in [6, 6.07) is 15.7. The summed E-state index contributed by atoms with van der Waals surface area (Å²) in [5.41, 5.74) is 3.10. The summed E-state index contributed by atoms with van der Waals surface area (Å²) in [5.74, 6) is 1.35. The van der Waals surface area contributed by atoms with Gasteiger partial charge in [0.1, 0.15) is 11.3 Å². The molecule has 7 nitrogen and oxygen atoms in total. The van der Waals surface area contributed by atoms with Crippen LogP contribution in [0.15, 0.2) is 69.9 Å². The normalized spacial score (nSPS) is 16.1. The van der Waals surface area contributed by atoms with E-state index in [1.165, 1.54) is 0 Å². The molecule has 0 saturated carbocycles. The number of rotatable bonds is 6. The standard InChI is InChI=1S/C25H22N4O3S/c30-25(18-10-13-33-16-18)28-11-3-5-19(28)9-12-31-24-8-7-23-26-15-20(29(23)27-24)22-14-17-4-1-2-6-21(17)32-22/h1-2,4,6-8,10,13-16,19H,3,5,9,11-12H2/t19-/m0/s1. The zero-order valence-corrected chi connectivity index (χ0v) is 18.7. The molecule has 0 radical (unpaired) electrons. The molecule has 33 heavy (non-hydrogen) atoms. The lowest BCUT2D eigenvalue weighted by Gasteiger charge is -2.24. The van der Waals surface area contributed by atoms with Gasteiger partial charge in [-0.1, -0.05) is 18.2 Å². The number of imidazole rings is 1. The molecule has 0 unspecified atom stereocenters. The van der Waals surface area contributed by atoms with E-state index in [4.69, 9.17) is 9.15 Å². The van der Waals surface area contributed by atoms with Gasteiger partial charge in [0.2, 0.25) is 5.88 Å². The van der Waals surface area contributed by atoms with E-state index in [0.717, 1.165) is 53.7 Å². The first kappa shape index (κ1) is 20.0. The largest absolute Gasteiger partial charge is 0.477 e. The van der Waals surface area contributed by atoms with E-state index in [2.05, 4.69) is 10.1 Å². The van der Waals surface area contributed by atoms with Gasteiger partial charge in [-0.05, 0) is 42.5 Å². The Hall–Kier alpha value is -3.65. The topological polar surface area (TPSA) is 72.9 Å². The summed E-state index contributed by atoms with van der Waals surface area (Å²) in [4.78, 5) is 19.2. The summed E-state index contributed by atoms with van der Waals surface area (Å²) in [7, 11) is 0. The lowest BCUT2D eigenvalue weighted by atomic mass is 10.1. The third-order valence-electron chi connectivity index (χ3n) is 6.12. The van der Waals surface area contributed by atoms with E-state index >= 15 is 0 Å². The van der Waals surface area contributed by atoms with Crippen molar-refractivity contribution in [3.05, 3.63) is 71.1 Å². The van der Waals surface area contributed by atoms with Gasteiger partial charge in [0, 0.05) is 35.8 Å². The minimum Gasteiger partial charge on any atom is -0.477 e. The molecule has 1 amide bonds. The zero-order chi connectivity index (χ0) is 22.2. The first-order valence-corrected chi connectivity index (χ1v) is 12.0.